The molecular weight excluding hydrogens is 415 g/mol. The number of hydrogen-bond acceptors (Lipinski definition) is 5. The molecule has 8 heteroatoms. The molecule has 0 unspecified atom stereocenters. The second-order valence-electron chi connectivity index (χ2n) is 6.70. The molecule has 4 rings (SSSR count). The fourth-order valence-electron chi connectivity index (χ4n) is 3.48. The quantitative estimate of drug-likeness (QED) is 0.583. The van der Waals surface area contributed by atoms with Crippen LogP contribution in [0.5, 0.6) is 5.75 Å². The summed E-state index contributed by atoms with van der Waals surface area (Å²) in [6.07, 6.45) is 0. The van der Waals surface area contributed by atoms with E-state index >= 15 is 0 Å². The fourth-order valence-corrected chi connectivity index (χ4v) is 3.88. The molecule has 6 nitrogen and oxygen atoms in total. The number of nitrogens with zero attached hydrogens (tertiary/aromatic N) is 2. The Kier molecular flexibility index (Phi) is 5.39. The van der Waals surface area contributed by atoms with Crippen molar-refractivity contribution in [3.05, 3.63) is 68.5 Å². The highest BCUT2D eigenvalue weighted by molar-refractivity contribution is 6.35. The summed E-state index contributed by atoms with van der Waals surface area (Å²) in [7, 11) is 1.50. The molecular formula is C21H18Cl2N2O4. The lowest BCUT2D eigenvalue weighted by Gasteiger charge is -2.36. The first kappa shape index (κ1) is 19.6. The van der Waals surface area contributed by atoms with E-state index in [1.54, 1.807) is 41.3 Å². The number of methoxy groups -OCH3 is 1. The Labute approximate surface area is 177 Å². The van der Waals surface area contributed by atoms with Crippen LogP contribution in [0.2, 0.25) is 10.0 Å². The molecule has 1 fully saturated rings. The van der Waals surface area contributed by atoms with Gasteiger partial charge in [-0.1, -0.05) is 35.3 Å². The van der Waals surface area contributed by atoms with Gasteiger partial charge in [-0.3, -0.25) is 4.79 Å². The molecule has 29 heavy (non-hydrogen) atoms. The van der Waals surface area contributed by atoms with Gasteiger partial charge in [0.25, 0.3) is 5.91 Å². The van der Waals surface area contributed by atoms with Gasteiger partial charge in [-0.2, -0.15) is 0 Å². The summed E-state index contributed by atoms with van der Waals surface area (Å²) < 4.78 is 10.6. The van der Waals surface area contributed by atoms with Crippen LogP contribution in [0, 0.1) is 0 Å². The van der Waals surface area contributed by atoms with E-state index in [4.69, 9.17) is 32.4 Å². The number of halogens is 2. The van der Waals surface area contributed by atoms with Crippen LogP contribution in [0.1, 0.15) is 10.4 Å². The molecule has 0 spiro atoms. The maximum Gasteiger partial charge on any atom is 0.349 e. The van der Waals surface area contributed by atoms with Crippen molar-refractivity contribution in [3.63, 3.8) is 0 Å². The number of ether oxygens (including phenoxy) is 1. The zero-order chi connectivity index (χ0) is 20.5. The van der Waals surface area contributed by atoms with Crippen LogP contribution < -0.4 is 15.3 Å². The summed E-state index contributed by atoms with van der Waals surface area (Å²) in [4.78, 5) is 29.1. The van der Waals surface area contributed by atoms with E-state index in [-0.39, 0.29) is 11.5 Å². The minimum absolute atomic E-state index is 0.0139. The molecule has 2 heterocycles. The standard InChI is InChI=1S/C21H18Cl2N2O4/c1-28-18-4-2-3-13-11-15(21(27)29-19(13)18)20(26)25-9-7-24(8-10-25)17-12-14(22)5-6-16(17)23/h2-6,11-12H,7-10H2,1H3. The number of fused-ring (bicyclic) bond motifs is 1. The first-order chi connectivity index (χ1) is 14.0. The van der Waals surface area contributed by atoms with E-state index in [0.29, 0.717) is 52.9 Å². The Balaban J connectivity index is 1.55. The molecule has 0 saturated carbocycles. The number of piperazine rings is 1. The molecule has 150 valence electrons. The van der Waals surface area contributed by atoms with Crippen molar-refractivity contribution in [2.45, 2.75) is 0 Å². The van der Waals surface area contributed by atoms with Gasteiger partial charge in [0.2, 0.25) is 0 Å². The van der Waals surface area contributed by atoms with Gasteiger partial charge in [-0.05, 0) is 30.3 Å². The molecule has 3 aromatic rings. The van der Waals surface area contributed by atoms with E-state index in [9.17, 15) is 9.59 Å². The average molecular weight is 433 g/mol. The third-order valence-corrected chi connectivity index (χ3v) is 5.54. The number of rotatable bonds is 3. The summed E-state index contributed by atoms with van der Waals surface area (Å²) in [5.74, 6) is 0.103. The largest absolute Gasteiger partial charge is 0.493 e. The van der Waals surface area contributed by atoms with Crippen molar-refractivity contribution in [1.82, 2.24) is 4.90 Å². The lowest BCUT2D eigenvalue weighted by molar-refractivity contribution is 0.0742. The van der Waals surface area contributed by atoms with Crippen LogP contribution in [-0.4, -0.2) is 44.1 Å². The van der Waals surface area contributed by atoms with Crippen LogP contribution in [0.15, 0.2) is 51.7 Å². The number of carbonyl (C=O) groups is 1. The predicted molar refractivity (Wildman–Crippen MR) is 114 cm³/mol. The second-order valence-corrected chi connectivity index (χ2v) is 7.54. The van der Waals surface area contributed by atoms with Gasteiger partial charge < -0.3 is 19.0 Å². The highest BCUT2D eigenvalue weighted by atomic mass is 35.5. The number of benzene rings is 2. The van der Waals surface area contributed by atoms with Crippen molar-refractivity contribution < 1.29 is 13.9 Å². The molecule has 1 aromatic heterocycles. The summed E-state index contributed by atoms with van der Waals surface area (Å²) >= 11 is 12.4. The van der Waals surface area contributed by atoms with Crippen LogP contribution in [0.4, 0.5) is 5.69 Å². The Hall–Kier alpha value is -2.70. The lowest BCUT2D eigenvalue weighted by Crippen LogP contribution is -2.49. The van der Waals surface area contributed by atoms with Crippen molar-refractivity contribution in [2.75, 3.05) is 38.2 Å². The Bertz CT molecular complexity index is 1140. The third-order valence-electron chi connectivity index (χ3n) is 4.99. The molecule has 1 saturated heterocycles. The zero-order valence-electron chi connectivity index (χ0n) is 15.7. The van der Waals surface area contributed by atoms with Crippen molar-refractivity contribution in [2.24, 2.45) is 0 Å². The maximum absolute atomic E-state index is 13.0. The van der Waals surface area contributed by atoms with Crippen molar-refractivity contribution in [3.8, 4) is 5.75 Å². The van der Waals surface area contributed by atoms with Crippen molar-refractivity contribution >= 4 is 45.8 Å². The van der Waals surface area contributed by atoms with E-state index in [2.05, 4.69) is 4.90 Å². The van der Waals surface area contributed by atoms with Crippen LogP contribution in [-0.2, 0) is 0 Å². The van der Waals surface area contributed by atoms with Gasteiger partial charge in [0.1, 0.15) is 5.56 Å². The SMILES string of the molecule is COc1cccc2cc(C(=O)N3CCN(c4cc(Cl)ccc4Cl)CC3)c(=O)oc12. The highest BCUT2D eigenvalue weighted by Gasteiger charge is 2.26. The average Bonchev–Trinajstić information content (AvgIpc) is 2.74. The lowest BCUT2D eigenvalue weighted by atomic mass is 10.1. The first-order valence-corrected chi connectivity index (χ1v) is 9.83. The summed E-state index contributed by atoms with van der Waals surface area (Å²) in [5.41, 5.74) is 0.507. The van der Waals surface area contributed by atoms with Gasteiger partial charge in [0, 0.05) is 36.6 Å². The summed E-state index contributed by atoms with van der Waals surface area (Å²) in [6.45, 7) is 2.08. The Morgan fingerprint density at radius 3 is 2.55 bits per heavy atom. The molecule has 0 N–H and O–H groups in total. The van der Waals surface area contributed by atoms with E-state index in [0.717, 1.165) is 5.69 Å². The normalized spacial score (nSPS) is 14.3. The molecule has 0 aliphatic carbocycles. The minimum atomic E-state index is -0.674. The number of amides is 1. The number of para-hydroxylation sites is 1. The topological polar surface area (TPSA) is 63.0 Å². The molecule has 0 radical (unpaired) electrons. The Morgan fingerprint density at radius 2 is 1.83 bits per heavy atom. The van der Waals surface area contributed by atoms with Crippen LogP contribution in [0.3, 0.4) is 0 Å². The second kappa shape index (κ2) is 7.97. The number of anilines is 1. The molecule has 1 amide bonds. The fraction of sp³-hybridized carbons (Fsp3) is 0.238. The van der Waals surface area contributed by atoms with E-state index in [1.807, 2.05) is 6.07 Å². The molecule has 2 aromatic carbocycles. The van der Waals surface area contributed by atoms with E-state index < -0.39 is 5.63 Å². The van der Waals surface area contributed by atoms with Gasteiger partial charge in [0.05, 0.1) is 17.8 Å². The van der Waals surface area contributed by atoms with Gasteiger partial charge in [-0.25, -0.2) is 4.79 Å². The van der Waals surface area contributed by atoms with Crippen molar-refractivity contribution in [1.29, 1.82) is 0 Å². The number of carbonyl (C=O) groups excluding carboxylic acids is 1. The minimum Gasteiger partial charge on any atom is -0.493 e. The monoisotopic (exact) mass is 432 g/mol. The Morgan fingerprint density at radius 1 is 1.07 bits per heavy atom. The highest BCUT2D eigenvalue weighted by Crippen LogP contribution is 2.30. The first-order valence-electron chi connectivity index (χ1n) is 9.08. The molecule has 1 aliphatic rings. The molecule has 0 bridgehead atoms. The predicted octanol–water partition coefficient (Wildman–Crippen LogP) is 4.07. The zero-order valence-corrected chi connectivity index (χ0v) is 17.2. The third kappa shape index (κ3) is 3.78. The van der Waals surface area contributed by atoms with E-state index in [1.165, 1.54) is 7.11 Å². The van der Waals surface area contributed by atoms with Gasteiger partial charge >= 0.3 is 5.63 Å². The summed E-state index contributed by atoms with van der Waals surface area (Å²) in [5, 5.41) is 1.85. The summed E-state index contributed by atoms with van der Waals surface area (Å²) in [6, 6.07) is 12.1. The molecule has 1 aliphatic heterocycles. The molecule has 0 atom stereocenters. The smallest absolute Gasteiger partial charge is 0.349 e. The van der Waals surface area contributed by atoms with Gasteiger partial charge in [-0.15, -0.1) is 0 Å². The van der Waals surface area contributed by atoms with Gasteiger partial charge in [0.15, 0.2) is 11.3 Å². The van der Waals surface area contributed by atoms with Crippen LogP contribution >= 0.6 is 23.2 Å². The number of hydrogen-bond donors (Lipinski definition) is 0. The maximum atomic E-state index is 13.0. The van der Waals surface area contributed by atoms with Crippen LogP contribution in [0.25, 0.3) is 11.0 Å².